The van der Waals surface area contributed by atoms with E-state index in [9.17, 15) is 4.79 Å². The van der Waals surface area contributed by atoms with Gasteiger partial charge in [-0.1, -0.05) is 30.3 Å². The molecule has 140 valence electrons. The Morgan fingerprint density at radius 2 is 1.64 bits per heavy atom. The predicted octanol–water partition coefficient (Wildman–Crippen LogP) is 2.75. The molecule has 2 aliphatic rings. The van der Waals surface area contributed by atoms with Crippen molar-refractivity contribution < 1.29 is 4.79 Å². The van der Waals surface area contributed by atoms with Crippen LogP contribution in [0.4, 0.5) is 5.82 Å². The van der Waals surface area contributed by atoms with Gasteiger partial charge in [-0.05, 0) is 24.3 Å². The fraction of sp³-hybridized carbons (Fsp3) is 0.273. The summed E-state index contributed by atoms with van der Waals surface area (Å²) < 4.78 is 0. The maximum Gasteiger partial charge on any atom is 0.255 e. The third-order valence-electron chi connectivity index (χ3n) is 5.73. The minimum Gasteiger partial charge on any atom is -0.354 e. The van der Waals surface area contributed by atoms with E-state index in [2.05, 4.69) is 26.1 Å². The number of fused-ring (bicyclic) bond motifs is 1. The van der Waals surface area contributed by atoms with E-state index < -0.39 is 0 Å². The molecule has 2 aromatic heterocycles. The molecule has 1 amide bonds. The first kappa shape index (κ1) is 16.9. The molecule has 0 spiro atoms. The summed E-state index contributed by atoms with van der Waals surface area (Å²) in [5.41, 5.74) is 2.63. The van der Waals surface area contributed by atoms with Crippen LogP contribution < -0.4 is 4.90 Å². The van der Waals surface area contributed by atoms with Gasteiger partial charge in [0.15, 0.2) is 5.82 Å². The number of benzene rings is 1. The summed E-state index contributed by atoms with van der Waals surface area (Å²) in [6.45, 7) is 3.43. The quantitative estimate of drug-likeness (QED) is 0.708. The first-order chi connectivity index (χ1) is 13.8. The highest BCUT2D eigenvalue weighted by Crippen LogP contribution is 2.34. The summed E-state index contributed by atoms with van der Waals surface area (Å²) in [6, 6.07) is 17.8. The van der Waals surface area contributed by atoms with E-state index in [0.29, 0.717) is 17.4 Å². The molecule has 6 heteroatoms. The van der Waals surface area contributed by atoms with Crippen molar-refractivity contribution in [2.75, 3.05) is 31.1 Å². The van der Waals surface area contributed by atoms with Crippen LogP contribution in [0.3, 0.4) is 0 Å². The van der Waals surface area contributed by atoms with Crippen molar-refractivity contribution in [3.63, 3.8) is 0 Å². The minimum absolute atomic E-state index is 0.0843. The molecular weight excluding hydrogens is 350 g/mol. The Bertz CT molecular complexity index is 947. The highest BCUT2D eigenvalue weighted by atomic mass is 16.2. The van der Waals surface area contributed by atoms with Crippen LogP contribution in [0, 0.1) is 11.8 Å². The van der Waals surface area contributed by atoms with Crippen LogP contribution in [0.1, 0.15) is 10.4 Å². The minimum atomic E-state index is 0.0843. The third-order valence-corrected chi connectivity index (χ3v) is 5.73. The molecule has 2 unspecified atom stereocenters. The van der Waals surface area contributed by atoms with E-state index in [-0.39, 0.29) is 5.91 Å². The molecule has 0 N–H and O–H groups in total. The zero-order valence-electron chi connectivity index (χ0n) is 15.5. The fourth-order valence-corrected chi connectivity index (χ4v) is 4.27. The van der Waals surface area contributed by atoms with Crippen LogP contribution in [0.15, 0.2) is 67.0 Å². The molecule has 0 aliphatic carbocycles. The van der Waals surface area contributed by atoms with Crippen molar-refractivity contribution in [3.8, 4) is 11.3 Å². The van der Waals surface area contributed by atoms with Gasteiger partial charge in [0.25, 0.3) is 5.91 Å². The van der Waals surface area contributed by atoms with Crippen molar-refractivity contribution >= 4 is 11.7 Å². The lowest BCUT2D eigenvalue weighted by atomic mass is 10.0. The number of aromatic nitrogens is 3. The normalized spacial score (nSPS) is 21.0. The molecule has 0 bridgehead atoms. The van der Waals surface area contributed by atoms with Gasteiger partial charge < -0.3 is 9.80 Å². The number of hydrogen-bond acceptors (Lipinski definition) is 5. The average molecular weight is 371 g/mol. The number of hydrogen-bond donors (Lipinski definition) is 0. The number of anilines is 1. The summed E-state index contributed by atoms with van der Waals surface area (Å²) in [5.74, 6) is 1.97. The molecule has 2 atom stereocenters. The summed E-state index contributed by atoms with van der Waals surface area (Å²) in [7, 11) is 0. The maximum absolute atomic E-state index is 12.7. The molecule has 0 radical (unpaired) electrons. The summed E-state index contributed by atoms with van der Waals surface area (Å²) in [4.78, 5) is 21.0. The lowest BCUT2D eigenvalue weighted by Gasteiger charge is -2.22. The molecule has 6 nitrogen and oxygen atoms in total. The van der Waals surface area contributed by atoms with Gasteiger partial charge in [0.05, 0.1) is 11.3 Å². The van der Waals surface area contributed by atoms with Crippen LogP contribution in [0.5, 0.6) is 0 Å². The first-order valence-electron chi connectivity index (χ1n) is 9.61. The monoisotopic (exact) mass is 371 g/mol. The number of likely N-dealkylation sites (tertiary alicyclic amines) is 1. The molecule has 2 aliphatic heterocycles. The van der Waals surface area contributed by atoms with E-state index in [4.69, 9.17) is 0 Å². The number of rotatable bonds is 3. The lowest BCUT2D eigenvalue weighted by molar-refractivity contribution is 0.0782. The van der Waals surface area contributed by atoms with Gasteiger partial charge in [-0.15, -0.1) is 10.2 Å². The fourth-order valence-electron chi connectivity index (χ4n) is 4.27. The number of carbonyl (C=O) groups is 1. The van der Waals surface area contributed by atoms with E-state index in [0.717, 1.165) is 43.3 Å². The van der Waals surface area contributed by atoms with Crippen molar-refractivity contribution in [2.45, 2.75) is 0 Å². The van der Waals surface area contributed by atoms with Crippen molar-refractivity contribution in [2.24, 2.45) is 11.8 Å². The molecule has 5 rings (SSSR count). The SMILES string of the molecule is O=C(c1cccnc1)N1CC2CN(c3ccc(-c4ccccc4)nn3)CC2C1. The van der Waals surface area contributed by atoms with Crippen LogP contribution in [0.25, 0.3) is 11.3 Å². The van der Waals surface area contributed by atoms with E-state index >= 15 is 0 Å². The Hall–Kier alpha value is -3.28. The van der Waals surface area contributed by atoms with Crippen molar-refractivity contribution in [3.05, 3.63) is 72.6 Å². The predicted molar refractivity (Wildman–Crippen MR) is 107 cm³/mol. The second kappa shape index (κ2) is 7.03. The molecular formula is C22H21N5O. The van der Waals surface area contributed by atoms with Crippen molar-refractivity contribution in [1.82, 2.24) is 20.1 Å². The Morgan fingerprint density at radius 3 is 2.29 bits per heavy atom. The topological polar surface area (TPSA) is 62.2 Å². The lowest BCUT2D eigenvalue weighted by Crippen LogP contribution is -2.33. The van der Waals surface area contributed by atoms with Gasteiger partial charge >= 0.3 is 0 Å². The standard InChI is InChI=1S/C22H21N5O/c28-22(17-7-4-10-23-11-17)27-14-18-12-26(13-19(18)15-27)21-9-8-20(24-25-21)16-5-2-1-3-6-16/h1-11,18-19H,12-15H2. The molecule has 28 heavy (non-hydrogen) atoms. The van der Waals surface area contributed by atoms with E-state index in [1.165, 1.54) is 0 Å². The molecule has 2 fully saturated rings. The van der Waals surface area contributed by atoms with E-state index in [1.807, 2.05) is 53.4 Å². The molecule has 3 aromatic rings. The molecule has 4 heterocycles. The summed E-state index contributed by atoms with van der Waals surface area (Å²) >= 11 is 0. The van der Waals surface area contributed by atoms with Gasteiger partial charge in [-0.25, -0.2) is 0 Å². The van der Waals surface area contributed by atoms with Gasteiger partial charge in [0.2, 0.25) is 0 Å². The smallest absolute Gasteiger partial charge is 0.255 e. The van der Waals surface area contributed by atoms with Crippen molar-refractivity contribution in [1.29, 1.82) is 0 Å². The van der Waals surface area contributed by atoms with Gasteiger partial charge in [0, 0.05) is 56.0 Å². The van der Waals surface area contributed by atoms with Crippen LogP contribution in [-0.2, 0) is 0 Å². The van der Waals surface area contributed by atoms with E-state index in [1.54, 1.807) is 12.4 Å². The second-order valence-corrected chi connectivity index (χ2v) is 7.52. The number of amides is 1. The number of pyridine rings is 1. The van der Waals surface area contributed by atoms with Gasteiger partial charge in [-0.3, -0.25) is 9.78 Å². The molecule has 2 saturated heterocycles. The second-order valence-electron chi connectivity index (χ2n) is 7.52. The Morgan fingerprint density at radius 1 is 0.857 bits per heavy atom. The van der Waals surface area contributed by atoms with Crippen LogP contribution in [0.2, 0.25) is 0 Å². The molecule has 1 aromatic carbocycles. The highest BCUT2D eigenvalue weighted by Gasteiger charge is 2.42. The Labute approximate surface area is 163 Å². The molecule has 0 saturated carbocycles. The number of carbonyl (C=O) groups excluding carboxylic acids is 1. The largest absolute Gasteiger partial charge is 0.354 e. The Kier molecular flexibility index (Phi) is 4.24. The average Bonchev–Trinajstić information content (AvgIpc) is 3.34. The zero-order valence-corrected chi connectivity index (χ0v) is 15.5. The summed E-state index contributed by atoms with van der Waals surface area (Å²) in [5, 5.41) is 8.86. The zero-order chi connectivity index (χ0) is 18.9. The number of nitrogens with zero attached hydrogens (tertiary/aromatic N) is 5. The maximum atomic E-state index is 12.7. The van der Waals surface area contributed by atoms with Gasteiger partial charge in [-0.2, -0.15) is 0 Å². The van der Waals surface area contributed by atoms with Crippen LogP contribution in [-0.4, -0.2) is 52.2 Å². The van der Waals surface area contributed by atoms with Crippen LogP contribution >= 0.6 is 0 Å². The van der Waals surface area contributed by atoms with Gasteiger partial charge in [0.1, 0.15) is 0 Å². The third kappa shape index (κ3) is 3.11. The summed E-state index contributed by atoms with van der Waals surface area (Å²) in [6.07, 6.45) is 3.34. The first-order valence-corrected chi connectivity index (χ1v) is 9.61. The Balaban J connectivity index is 1.24. The highest BCUT2D eigenvalue weighted by molar-refractivity contribution is 5.94.